The summed E-state index contributed by atoms with van der Waals surface area (Å²) >= 11 is 0. The summed E-state index contributed by atoms with van der Waals surface area (Å²) in [7, 11) is 0. The fourth-order valence-corrected chi connectivity index (χ4v) is 2.33. The van der Waals surface area contributed by atoms with Crippen molar-refractivity contribution in [2.75, 3.05) is 18.0 Å². The van der Waals surface area contributed by atoms with Crippen molar-refractivity contribution in [2.45, 2.75) is 25.8 Å². The molecule has 17 heavy (non-hydrogen) atoms. The highest BCUT2D eigenvalue weighted by atomic mass is 16.4. The van der Waals surface area contributed by atoms with Crippen LogP contribution in [0.2, 0.25) is 0 Å². The maximum atomic E-state index is 10.9. The molecule has 0 unspecified atom stereocenters. The van der Waals surface area contributed by atoms with Gasteiger partial charge in [0.2, 0.25) is 0 Å². The van der Waals surface area contributed by atoms with E-state index in [0.29, 0.717) is 12.1 Å². The highest BCUT2D eigenvalue weighted by Crippen LogP contribution is 2.25. The number of benzene rings is 1. The Labute approximate surface area is 101 Å². The van der Waals surface area contributed by atoms with E-state index in [0.717, 1.165) is 24.3 Å². The van der Waals surface area contributed by atoms with E-state index in [9.17, 15) is 4.79 Å². The maximum absolute atomic E-state index is 10.9. The van der Waals surface area contributed by atoms with E-state index in [1.54, 1.807) is 12.1 Å². The molecular weight excluding hydrogens is 216 g/mol. The molecule has 1 aliphatic rings. The largest absolute Gasteiger partial charge is 0.478 e. The standard InChI is InChI=1S/C13H18N2O2/c14-9-11-8-10(13(16)17)4-5-12(11)15-6-2-1-3-7-15/h4-5,8H,1-3,6-7,9,14H2,(H,16,17). The lowest BCUT2D eigenvalue weighted by molar-refractivity contribution is 0.0697. The van der Waals surface area contributed by atoms with Crippen molar-refractivity contribution in [3.8, 4) is 0 Å². The molecule has 92 valence electrons. The molecule has 1 aromatic rings. The molecule has 1 fully saturated rings. The predicted octanol–water partition coefficient (Wildman–Crippen LogP) is 1.83. The molecule has 0 radical (unpaired) electrons. The van der Waals surface area contributed by atoms with E-state index in [4.69, 9.17) is 10.8 Å². The molecule has 0 spiro atoms. The molecule has 1 saturated heterocycles. The monoisotopic (exact) mass is 234 g/mol. The molecule has 3 N–H and O–H groups in total. The van der Waals surface area contributed by atoms with Gasteiger partial charge in [-0.15, -0.1) is 0 Å². The Morgan fingerprint density at radius 1 is 1.29 bits per heavy atom. The number of carboxylic acids is 1. The first kappa shape index (κ1) is 11.9. The minimum atomic E-state index is -0.898. The van der Waals surface area contributed by atoms with Crippen molar-refractivity contribution >= 4 is 11.7 Å². The number of hydrogen-bond donors (Lipinski definition) is 2. The molecule has 0 amide bonds. The topological polar surface area (TPSA) is 66.6 Å². The normalized spacial score (nSPS) is 15.9. The second-order valence-corrected chi connectivity index (χ2v) is 4.40. The number of piperidine rings is 1. The van der Waals surface area contributed by atoms with E-state index >= 15 is 0 Å². The summed E-state index contributed by atoms with van der Waals surface area (Å²) in [6.07, 6.45) is 3.68. The molecule has 1 aromatic carbocycles. The number of nitrogens with zero attached hydrogens (tertiary/aromatic N) is 1. The van der Waals surface area contributed by atoms with Gasteiger partial charge in [0.1, 0.15) is 0 Å². The van der Waals surface area contributed by atoms with Crippen LogP contribution in [0.3, 0.4) is 0 Å². The maximum Gasteiger partial charge on any atom is 0.335 e. The van der Waals surface area contributed by atoms with Crippen LogP contribution >= 0.6 is 0 Å². The number of carbonyl (C=O) groups is 1. The third-order valence-corrected chi connectivity index (χ3v) is 3.24. The highest BCUT2D eigenvalue weighted by molar-refractivity contribution is 5.88. The van der Waals surface area contributed by atoms with Gasteiger partial charge in [0.25, 0.3) is 0 Å². The van der Waals surface area contributed by atoms with Crippen LogP contribution in [0.1, 0.15) is 35.2 Å². The zero-order chi connectivity index (χ0) is 12.3. The number of carboxylic acid groups (broad SMARTS) is 1. The molecule has 0 atom stereocenters. The van der Waals surface area contributed by atoms with E-state index in [-0.39, 0.29) is 0 Å². The number of hydrogen-bond acceptors (Lipinski definition) is 3. The van der Waals surface area contributed by atoms with Gasteiger partial charge in [-0.25, -0.2) is 4.79 Å². The molecular formula is C13H18N2O2. The molecule has 4 nitrogen and oxygen atoms in total. The van der Waals surface area contributed by atoms with Crippen molar-refractivity contribution in [3.05, 3.63) is 29.3 Å². The summed E-state index contributed by atoms with van der Waals surface area (Å²) in [5.74, 6) is -0.898. The third-order valence-electron chi connectivity index (χ3n) is 3.24. The number of nitrogens with two attached hydrogens (primary N) is 1. The molecule has 1 heterocycles. The first-order valence-electron chi connectivity index (χ1n) is 6.03. The minimum Gasteiger partial charge on any atom is -0.478 e. The molecule has 1 aliphatic heterocycles. The Bertz CT molecular complexity index is 412. The summed E-state index contributed by atoms with van der Waals surface area (Å²) in [6, 6.07) is 5.23. The Morgan fingerprint density at radius 2 is 2.00 bits per heavy atom. The van der Waals surface area contributed by atoms with E-state index in [1.165, 1.54) is 19.3 Å². The van der Waals surface area contributed by atoms with Gasteiger partial charge in [-0.1, -0.05) is 0 Å². The van der Waals surface area contributed by atoms with Gasteiger partial charge < -0.3 is 15.7 Å². The third kappa shape index (κ3) is 2.58. The van der Waals surface area contributed by atoms with Crippen LogP contribution in [-0.2, 0) is 6.54 Å². The van der Waals surface area contributed by atoms with Crippen molar-refractivity contribution in [1.82, 2.24) is 0 Å². The van der Waals surface area contributed by atoms with Gasteiger partial charge in [-0.05, 0) is 43.0 Å². The molecule has 0 aromatic heterocycles. The highest BCUT2D eigenvalue weighted by Gasteiger charge is 2.15. The van der Waals surface area contributed by atoms with Crippen molar-refractivity contribution < 1.29 is 9.90 Å². The van der Waals surface area contributed by atoms with E-state index < -0.39 is 5.97 Å². The quantitative estimate of drug-likeness (QED) is 0.837. The van der Waals surface area contributed by atoms with Crippen molar-refractivity contribution in [1.29, 1.82) is 0 Å². The average Bonchev–Trinajstić information content (AvgIpc) is 2.39. The van der Waals surface area contributed by atoms with Gasteiger partial charge in [0, 0.05) is 25.3 Å². The summed E-state index contributed by atoms with van der Waals surface area (Å²) in [5, 5.41) is 8.95. The molecule has 0 aliphatic carbocycles. The Balaban J connectivity index is 2.29. The fourth-order valence-electron chi connectivity index (χ4n) is 2.33. The summed E-state index contributed by atoms with van der Waals surface area (Å²) in [6.45, 7) is 2.46. The second-order valence-electron chi connectivity index (χ2n) is 4.40. The van der Waals surface area contributed by atoms with Crippen LogP contribution in [0.4, 0.5) is 5.69 Å². The van der Waals surface area contributed by atoms with Gasteiger partial charge in [0.15, 0.2) is 0 Å². The fraction of sp³-hybridized carbons (Fsp3) is 0.462. The predicted molar refractivity (Wildman–Crippen MR) is 67.4 cm³/mol. The van der Waals surface area contributed by atoms with Crippen LogP contribution in [-0.4, -0.2) is 24.2 Å². The Kier molecular flexibility index (Phi) is 3.64. The minimum absolute atomic E-state index is 0.311. The lowest BCUT2D eigenvalue weighted by atomic mass is 10.0. The first-order chi connectivity index (χ1) is 8.22. The average molecular weight is 234 g/mol. The van der Waals surface area contributed by atoms with Gasteiger partial charge in [-0.2, -0.15) is 0 Å². The van der Waals surface area contributed by atoms with E-state index in [2.05, 4.69) is 4.90 Å². The first-order valence-corrected chi connectivity index (χ1v) is 6.03. The van der Waals surface area contributed by atoms with Crippen molar-refractivity contribution in [2.24, 2.45) is 5.73 Å². The molecule has 4 heteroatoms. The summed E-state index contributed by atoms with van der Waals surface area (Å²) < 4.78 is 0. The molecule has 2 rings (SSSR count). The number of anilines is 1. The van der Waals surface area contributed by atoms with Crippen LogP contribution in [0.15, 0.2) is 18.2 Å². The van der Waals surface area contributed by atoms with Crippen LogP contribution < -0.4 is 10.6 Å². The van der Waals surface area contributed by atoms with E-state index in [1.807, 2.05) is 6.07 Å². The molecule has 0 saturated carbocycles. The molecule has 0 bridgehead atoms. The smallest absolute Gasteiger partial charge is 0.335 e. The number of rotatable bonds is 3. The lowest BCUT2D eigenvalue weighted by Crippen LogP contribution is -2.30. The zero-order valence-corrected chi connectivity index (χ0v) is 9.85. The zero-order valence-electron chi connectivity index (χ0n) is 9.85. The number of aromatic carboxylic acids is 1. The van der Waals surface area contributed by atoms with Gasteiger partial charge in [-0.3, -0.25) is 0 Å². The van der Waals surface area contributed by atoms with Crippen LogP contribution in [0.25, 0.3) is 0 Å². The SMILES string of the molecule is NCc1cc(C(=O)O)ccc1N1CCCCC1. The Morgan fingerprint density at radius 3 is 2.59 bits per heavy atom. The van der Waals surface area contributed by atoms with Crippen LogP contribution in [0.5, 0.6) is 0 Å². The van der Waals surface area contributed by atoms with Crippen molar-refractivity contribution in [3.63, 3.8) is 0 Å². The van der Waals surface area contributed by atoms with Gasteiger partial charge >= 0.3 is 5.97 Å². The summed E-state index contributed by atoms with van der Waals surface area (Å²) in [4.78, 5) is 13.2. The Hall–Kier alpha value is -1.55. The second kappa shape index (κ2) is 5.19. The van der Waals surface area contributed by atoms with Gasteiger partial charge in [0.05, 0.1) is 5.56 Å². The van der Waals surface area contributed by atoms with Crippen LogP contribution in [0, 0.1) is 0 Å². The summed E-state index contributed by atoms with van der Waals surface area (Å²) in [5.41, 5.74) is 8.04. The lowest BCUT2D eigenvalue weighted by Gasteiger charge is -2.30.